The largest absolute Gasteiger partial charge is 0.482 e. The van der Waals surface area contributed by atoms with Crippen molar-refractivity contribution in [3.8, 4) is 11.8 Å². The van der Waals surface area contributed by atoms with Gasteiger partial charge in [0.1, 0.15) is 16.8 Å². The van der Waals surface area contributed by atoms with Crippen LogP contribution in [0.3, 0.4) is 0 Å². The molecule has 4 rings (SSSR count). The van der Waals surface area contributed by atoms with Crippen LogP contribution in [0.1, 0.15) is 71.7 Å². The number of nitriles is 1. The smallest absolute Gasteiger partial charge is 0.235 e. The van der Waals surface area contributed by atoms with Gasteiger partial charge in [0.15, 0.2) is 17.1 Å². The molecule has 35 heavy (non-hydrogen) atoms. The molecule has 3 aromatic rings. The van der Waals surface area contributed by atoms with E-state index in [0.717, 1.165) is 42.6 Å². The second-order valence-electron chi connectivity index (χ2n) is 8.93. The fourth-order valence-corrected chi connectivity index (χ4v) is 6.29. The Hall–Kier alpha value is -2.83. The second-order valence-corrected chi connectivity index (χ2v) is 11.0. The number of carbonyl (C=O) groups excluding carboxylic acids is 1. The third-order valence-corrected chi connectivity index (χ3v) is 8.69. The summed E-state index contributed by atoms with van der Waals surface area (Å²) in [6, 6.07) is 8.32. The van der Waals surface area contributed by atoms with Crippen LogP contribution in [0, 0.1) is 25.2 Å². The Labute approximate surface area is 214 Å². The molecular formula is C26H31N5O2S2. The number of benzene rings is 1. The highest BCUT2D eigenvalue weighted by Gasteiger charge is 2.22. The Morgan fingerprint density at radius 1 is 1.26 bits per heavy atom. The Morgan fingerprint density at radius 3 is 2.80 bits per heavy atom. The van der Waals surface area contributed by atoms with Crippen LogP contribution in [-0.2, 0) is 24.7 Å². The zero-order valence-corrected chi connectivity index (χ0v) is 22.3. The Morgan fingerprint density at radius 2 is 2.03 bits per heavy atom. The minimum atomic E-state index is -0.292. The molecule has 1 aliphatic rings. The van der Waals surface area contributed by atoms with Gasteiger partial charge in [0.05, 0.1) is 11.3 Å². The van der Waals surface area contributed by atoms with Gasteiger partial charge in [-0.1, -0.05) is 36.7 Å². The molecule has 1 N–H and O–H groups in total. The van der Waals surface area contributed by atoms with Crippen LogP contribution in [0.2, 0.25) is 0 Å². The monoisotopic (exact) mass is 509 g/mol. The van der Waals surface area contributed by atoms with Crippen molar-refractivity contribution in [3.05, 3.63) is 51.2 Å². The average Bonchev–Trinajstić information content (AvgIpc) is 3.34. The Kier molecular flexibility index (Phi) is 8.14. The first-order valence-corrected chi connectivity index (χ1v) is 13.8. The van der Waals surface area contributed by atoms with E-state index >= 15 is 0 Å². The standard InChI is InChI=1S/C26H31N5O2S2/c1-16-10-9-12-21(17(16)2)33-18(3)24-29-30-26(31(24)4)34-15-23(32)28-25-20(14-27)19-11-7-5-6-8-13-22(19)35-25/h9-10,12,18H,5-8,11,13,15H2,1-4H3,(H,28,32). The van der Waals surface area contributed by atoms with E-state index in [1.165, 1.54) is 35.0 Å². The maximum absolute atomic E-state index is 12.7. The highest BCUT2D eigenvalue weighted by atomic mass is 32.2. The lowest BCUT2D eigenvalue weighted by Crippen LogP contribution is -2.15. The van der Waals surface area contributed by atoms with Gasteiger partial charge in [-0.15, -0.1) is 21.5 Å². The summed E-state index contributed by atoms with van der Waals surface area (Å²) in [4.78, 5) is 14.0. The number of aromatic nitrogens is 3. The molecular weight excluding hydrogens is 478 g/mol. The quantitative estimate of drug-likeness (QED) is 0.399. The van der Waals surface area contributed by atoms with Gasteiger partial charge in [0.2, 0.25) is 5.91 Å². The van der Waals surface area contributed by atoms with Crippen LogP contribution in [-0.4, -0.2) is 26.4 Å². The van der Waals surface area contributed by atoms with Crippen molar-refractivity contribution in [1.82, 2.24) is 14.8 Å². The predicted octanol–water partition coefficient (Wildman–Crippen LogP) is 5.89. The summed E-state index contributed by atoms with van der Waals surface area (Å²) < 4.78 is 8.02. The van der Waals surface area contributed by atoms with E-state index in [2.05, 4.69) is 34.6 Å². The molecule has 0 aliphatic heterocycles. The van der Waals surface area contributed by atoms with Gasteiger partial charge >= 0.3 is 0 Å². The van der Waals surface area contributed by atoms with E-state index in [-0.39, 0.29) is 17.8 Å². The molecule has 2 aromatic heterocycles. The van der Waals surface area contributed by atoms with Crippen LogP contribution < -0.4 is 10.1 Å². The number of thioether (sulfide) groups is 1. The second kappa shape index (κ2) is 11.3. The van der Waals surface area contributed by atoms with Gasteiger partial charge in [-0.05, 0) is 69.2 Å². The van der Waals surface area contributed by atoms with E-state index < -0.39 is 0 Å². The van der Waals surface area contributed by atoms with Gasteiger partial charge in [-0.25, -0.2) is 0 Å². The van der Waals surface area contributed by atoms with Crippen LogP contribution in [0.4, 0.5) is 5.00 Å². The van der Waals surface area contributed by atoms with Gasteiger partial charge in [-0.3, -0.25) is 4.79 Å². The van der Waals surface area contributed by atoms with E-state index in [1.807, 2.05) is 37.6 Å². The van der Waals surface area contributed by atoms with E-state index in [9.17, 15) is 10.1 Å². The molecule has 0 saturated carbocycles. The molecule has 1 aromatic carbocycles. The van der Waals surface area contributed by atoms with E-state index in [0.29, 0.717) is 21.5 Å². The first-order valence-electron chi connectivity index (χ1n) is 12.0. The number of thiophene rings is 1. The molecule has 0 fully saturated rings. The number of hydrogen-bond acceptors (Lipinski definition) is 7. The number of hydrogen-bond donors (Lipinski definition) is 1. The van der Waals surface area contributed by atoms with Gasteiger partial charge < -0.3 is 14.6 Å². The van der Waals surface area contributed by atoms with Gasteiger partial charge in [0, 0.05) is 11.9 Å². The van der Waals surface area contributed by atoms with Crippen molar-refractivity contribution in [1.29, 1.82) is 5.26 Å². The first-order chi connectivity index (χ1) is 16.9. The maximum Gasteiger partial charge on any atom is 0.235 e. The molecule has 7 nitrogen and oxygen atoms in total. The van der Waals surface area contributed by atoms with Crippen molar-refractivity contribution >= 4 is 34.0 Å². The highest BCUT2D eigenvalue weighted by Crippen LogP contribution is 2.36. The van der Waals surface area contributed by atoms with Crippen LogP contribution in [0.15, 0.2) is 23.4 Å². The van der Waals surface area contributed by atoms with Crippen molar-refractivity contribution < 1.29 is 9.53 Å². The maximum atomic E-state index is 12.7. The summed E-state index contributed by atoms with van der Waals surface area (Å²) >= 11 is 2.88. The van der Waals surface area contributed by atoms with Crippen LogP contribution >= 0.6 is 23.1 Å². The molecule has 2 heterocycles. The lowest BCUT2D eigenvalue weighted by Gasteiger charge is -2.16. The summed E-state index contributed by atoms with van der Waals surface area (Å²) in [5.74, 6) is 1.56. The van der Waals surface area contributed by atoms with Gasteiger partial charge in [-0.2, -0.15) is 5.26 Å². The number of rotatable bonds is 7. The molecule has 9 heteroatoms. The normalized spacial score (nSPS) is 14.4. The summed E-state index contributed by atoms with van der Waals surface area (Å²) in [6.07, 6.45) is 6.29. The molecule has 184 valence electrons. The molecule has 0 bridgehead atoms. The lowest BCUT2D eigenvalue weighted by atomic mass is 9.97. The SMILES string of the molecule is Cc1cccc(OC(C)c2nnc(SCC(=O)Nc3sc4c(c3C#N)CCCCCC4)n2C)c1C. The predicted molar refractivity (Wildman–Crippen MR) is 140 cm³/mol. The molecule has 1 aliphatic carbocycles. The topological polar surface area (TPSA) is 92.8 Å². The van der Waals surface area contributed by atoms with Crippen molar-refractivity contribution in [2.24, 2.45) is 7.05 Å². The number of nitrogens with zero attached hydrogens (tertiary/aromatic N) is 4. The number of nitrogens with one attached hydrogen (secondary N) is 1. The average molecular weight is 510 g/mol. The molecule has 1 unspecified atom stereocenters. The Balaban J connectivity index is 1.39. The summed E-state index contributed by atoms with van der Waals surface area (Å²) in [5.41, 5.74) is 4.05. The number of anilines is 1. The highest BCUT2D eigenvalue weighted by molar-refractivity contribution is 7.99. The van der Waals surface area contributed by atoms with Gasteiger partial charge in [0.25, 0.3) is 0 Å². The van der Waals surface area contributed by atoms with Crippen molar-refractivity contribution in [2.75, 3.05) is 11.1 Å². The van der Waals surface area contributed by atoms with Crippen LogP contribution in [0.5, 0.6) is 5.75 Å². The van der Waals surface area contributed by atoms with Crippen molar-refractivity contribution in [2.45, 2.75) is 70.6 Å². The molecule has 1 atom stereocenters. The third kappa shape index (κ3) is 5.71. The third-order valence-electron chi connectivity index (χ3n) is 6.46. The van der Waals surface area contributed by atoms with Crippen LogP contribution in [0.25, 0.3) is 0 Å². The fourth-order valence-electron chi connectivity index (χ4n) is 4.32. The number of amides is 1. The minimum Gasteiger partial charge on any atom is -0.482 e. The molecule has 0 saturated heterocycles. The first kappa shape index (κ1) is 25.3. The minimum absolute atomic E-state index is 0.148. The molecule has 0 radical (unpaired) electrons. The van der Waals surface area contributed by atoms with E-state index in [4.69, 9.17) is 4.74 Å². The van der Waals surface area contributed by atoms with E-state index in [1.54, 1.807) is 11.3 Å². The Bertz CT molecular complexity index is 1260. The number of aryl methyl sites for hydroxylation is 2. The molecule has 1 amide bonds. The number of fused-ring (bicyclic) bond motifs is 1. The molecule has 0 spiro atoms. The zero-order valence-electron chi connectivity index (χ0n) is 20.7. The summed E-state index contributed by atoms with van der Waals surface area (Å²) in [7, 11) is 1.88. The summed E-state index contributed by atoms with van der Waals surface area (Å²) in [6.45, 7) is 6.04. The number of carbonyl (C=O) groups is 1. The number of ether oxygens (including phenoxy) is 1. The lowest BCUT2D eigenvalue weighted by molar-refractivity contribution is -0.113. The summed E-state index contributed by atoms with van der Waals surface area (Å²) in [5, 5.41) is 22.6. The fraction of sp³-hybridized carbons (Fsp3) is 0.462. The van der Waals surface area contributed by atoms with Crippen molar-refractivity contribution in [3.63, 3.8) is 0 Å². The zero-order chi connectivity index (χ0) is 24.9.